The second kappa shape index (κ2) is 12.7. The van der Waals surface area contributed by atoms with Gasteiger partial charge in [0.05, 0.1) is 30.2 Å². The van der Waals surface area contributed by atoms with Crippen molar-refractivity contribution in [2.45, 2.75) is 38.6 Å². The molecule has 194 valence electrons. The number of halogens is 1. The number of hydrogen-bond donors (Lipinski definition) is 3. The van der Waals surface area contributed by atoms with Crippen molar-refractivity contribution in [1.29, 1.82) is 0 Å². The lowest BCUT2D eigenvalue weighted by Gasteiger charge is -2.26. The van der Waals surface area contributed by atoms with E-state index in [0.717, 1.165) is 6.07 Å². The molecule has 0 spiro atoms. The van der Waals surface area contributed by atoms with Gasteiger partial charge in [0.15, 0.2) is 0 Å². The average Bonchev–Trinajstić information content (AvgIpc) is 3.12. The molecule has 3 heterocycles. The molecule has 2 atom stereocenters. The minimum absolute atomic E-state index is 0.0116. The molecule has 1 saturated heterocycles. The topological polar surface area (TPSA) is 151 Å². The molecule has 1 fully saturated rings. The molecular formula is C24H29FN4O7. The Bertz CT molecular complexity index is 1090. The number of ether oxygens (including phenoxy) is 1. The standard InChI is InChI=1S/C23H27FN4O5.CH2O2/c1-14-9-18(33-27-14)11-21(29)28-12-15-3-5-17(13-28)26-23(31)19-10-16(24)4-6-20(19)32-8-2-7-25-22(15)30;2-1-3/h4,6,9-10,15,17H,2-3,5,7-8,11-13H2,1H3,(H,25,30)(H,26,31);1H,(H,2,3)/t15-,17+;/m0./s1. The van der Waals surface area contributed by atoms with Crippen molar-refractivity contribution in [2.75, 3.05) is 26.2 Å². The number of carbonyl (C=O) groups excluding carboxylic acids is 3. The second-order valence-electron chi connectivity index (χ2n) is 8.59. The van der Waals surface area contributed by atoms with Gasteiger partial charge in [-0.1, -0.05) is 5.16 Å². The summed E-state index contributed by atoms with van der Waals surface area (Å²) < 4.78 is 24.7. The van der Waals surface area contributed by atoms with Gasteiger partial charge in [0, 0.05) is 31.7 Å². The van der Waals surface area contributed by atoms with Gasteiger partial charge in [0.1, 0.15) is 17.3 Å². The van der Waals surface area contributed by atoms with Crippen LogP contribution in [0.1, 0.15) is 41.1 Å². The van der Waals surface area contributed by atoms with Gasteiger partial charge in [-0.2, -0.15) is 0 Å². The molecule has 3 N–H and O–H groups in total. The van der Waals surface area contributed by atoms with E-state index in [9.17, 15) is 18.8 Å². The molecule has 1 aromatic heterocycles. The molecule has 1 aromatic carbocycles. The largest absolute Gasteiger partial charge is 0.493 e. The van der Waals surface area contributed by atoms with Gasteiger partial charge < -0.3 is 29.9 Å². The molecule has 0 radical (unpaired) electrons. The third-order valence-electron chi connectivity index (χ3n) is 5.87. The van der Waals surface area contributed by atoms with Crippen molar-refractivity contribution in [3.05, 3.63) is 47.1 Å². The number of aryl methyl sites for hydroxylation is 1. The summed E-state index contributed by atoms with van der Waals surface area (Å²) in [4.78, 5) is 48.8. The summed E-state index contributed by atoms with van der Waals surface area (Å²) in [5.41, 5.74) is 0.779. The highest BCUT2D eigenvalue weighted by Gasteiger charge is 2.32. The minimum Gasteiger partial charge on any atom is -0.493 e. The zero-order chi connectivity index (χ0) is 26.1. The minimum atomic E-state index is -0.541. The summed E-state index contributed by atoms with van der Waals surface area (Å²) in [6.07, 6.45) is 1.54. The molecule has 2 bridgehead atoms. The predicted molar refractivity (Wildman–Crippen MR) is 124 cm³/mol. The van der Waals surface area contributed by atoms with Crippen molar-refractivity contribution >= 4 is 24.2 Å². The molecular weight excluding hydrogens is 475 g/mol. The van der Waals surface area contributed by atoms with Crippen LogP contribution in [0.3, 0.4) is 0 Å². The van der Waals surface area contributed by atoms with E-state index in [4.69, 9.17) is 19.2 Å². The lowest BCUT2D eigenvalue weighted by molar-refractivity contribution is -0.133. The van der Waals surface area contributed by atoms with Crippen molar-refractivity contribution in [1.82, 2.24) is 20.7 Å². The first-order valence-corrected chi connectivity index (χ1v) is 11.6. The van der Waals surface area contributed by atoms with E-state index in [1.54, 1.807) is 17.9 Å². The molecule has 12 heteroatoms. The normalized spacial score (nSPS) is 20.3. The molecule has 2 aromatic rings. The summed E-state index contributed by atoms with van der Waals surface area (Å²) in [6, 6.07) is 5.09. The lowest BCUT2D eigenvalue weighted by atomic mass is 10.0. The Morgan fingerprint density at radius 1 is 1.28 bits per heavy atom. The van der Waals surface area contributed by atoms with Gasteiger partial charge in [-0.25, -0.2) is 4.39 Å². The van der Waals surface area contributed by atoms with Crippen molar-refractivity contribution in [2.24, 2.45) is 5.92 Å². The fourth-order valence-electron chi connectivity index (χ4n) is 4.17. The van der Waals surface area contributed by atoms with E-state index < -0.39 is 23.7 Å². The number of benzene rings is 1. The summed E-state index contributed by atoms with van der Waals surface area (Å²) in [5, 5.41) is 16.5. The van der Waals surface area contributed by atoms with Crippen LogP contribution in [0.25, 0.3) is 0 Å². The smallest absolute Gasteiger partial charge is 0.290 e. The van der Waals surface area contributed by atoms with Crippen LogP contribution in [0.4, 0.5) is 4.39 Å². The number of fused-ring (bicyclic) bond motifs is 4. The zero-order valence-electron chi connectivity index (χ0n) is 19.9. The molecule has 11 nitrogen and oxygen atoms in total. The Morgan fingerprint density at radius 2 is 2.06 bits per heavy atom. The summed E-state index contributed by atoms with van der Waals surface area (Å²) in [5.74, 6) is -1.05. The first kappa shape index (κ1) is 26.6. The SMILES string of the molecule is Cc1cc(CC(=O)N2C[C@H]3CC[C@@H](C2)C(=O)NCCCOc2ccc(F)cc2C(=O)N3)on1.O=CO. The molecule has 0 aliphatic carbocycles. The maximum absolute atomic E-state index is 13.9. The van der Waals surface area contributed by atoms with Crippen LogP contribution in [-0.4, -0.2) is 71.6 Å². The summed E-state index contributed by atoms with van der Waals surface area (Å²) in [6.45, 7) is 2.65. The third-order valence-corrected chi connectivity index (χ3v) is 5.87. The van der Waals surface area contributed by atoms with E-state index in [-0.39, 0.29) is 55.7 Å². The van der Waals surface area contributed by atoms with Gasteiger partial charge in [0.2, 0.25) is 11.8 Å². The Balaban J connectivity index is 0.00000115. The average molecular weight is 505 g/mol. The number of hydrogen-bond acceptors (Lipinski definition) is 7. The van der Waals surface area contributed by atoms with Crippen molar-refractivity contribution < 1.29 is 37.9 Å². The Morgan fingerprint density at radius 3 is 2.78 bits per heavy atom. The van der Waals surface area contributed by atoms with E-state index in [2.05, 4.69) is 15.8 Å². The maximum atomic E-state index is 13.9. The number of carboxylic acid groups (broad SMARTS) is 1. The lowest BCUT2D eigenvalue weighted by Crippen LogP contribution is -2.46. The van der Waals surface area contributed by atoms with Crippen LogP contribution in [0.5, 0.6) is 5.75 Å². The van der Waals surface area contributed by atoms with Crippen LogP contribution in [0, 0.1) is 18.7 Å². The van der Waals surface area contributed by atoms with Crippen molar-refractivity contribution in [3.63, 3.8) is 0 Å². The van der Waals surface area contributed by atoms with Crippen molar-refractivity contribution in [3.8, 4) is 5.75 Å². The van der Waals surface area contributed by atoms with Crippen LogP contribution in [0.2, 0.25) is 0 Å². The first-order chi connectivity index (χ1) is 17.3. The quantitative estimate of drug-likeness (QED) is 0.518. The van der Waals surface area contributed by atoms with E-state index in [1.165, 1.54) is 12.1 Å². The number of aromatic nitrogens is 1. The number of rotatable bonds is 2. The van der Waals surface area contributed by atoms with E-state index in [0.29, 0.717) is 37.3 Å². The molecule has 36 heavy (non-hydrogen) atoms. The fraction of sp³-hybridized carbons (Fsp3) is 0.458. The summed E-state index contributed by atoms with van der Waals surface area (Å²) >= 11 is 0. The van der Waals surface area contributed by atoms with E-state index in [1.807, 2.05) is 0 Å². The highest BCUT2D eigenvalue weighted by Crippen LogP contribution is 2.23. The van der Waals surface area contributed by atoms with Gasteiger partial charge in [-0.05, 0) is 44.4 Å². The molecule has 2 aliphatic heterocycles. The third kappa shape index (κ3) is 7.27. The Kier molecular flexibility index (Phi) is 9.37. The number of nitrogens with one attached hydrogen (secondary N) is 2. The fourth-order valence-corrected chi connectivity index (χ4v) is 4.17. The van der Waals surface area contributed by atoms with Crippen LogP contribution < -0.4 is 15.4 Å². The van der Waals surface area contributed by atoms with Crippen LogP contribution in [-0.2, 0) is 20.8 Å². The zero-order valence-corrected chi connectivity index (χ0v) is 19.9. The highest BCUT2D eigenvalue weighted by molar-refractivity contribution is 5.97. The maximum Gasteiger partial charge on any atom is 0.290 e. The Labute approximate surface area is 207 Å². The second-order valence-corrected chi connectivity index (χ2v) is 8.59. The molecule has 0 saturated carbocycles. The predicted octanol–water partition coefficient (Wildman–Crippen LogP) is 1.30. The number of nitrogens with zero attached hydrogens (tertiary/aromatic N) is 2. The van der Waals surface area contributed by atoms with Crippen LogP contribution in [0.15, 0.2) is 28.8 Å². The molecule has 3 amide bonds. The molecule has 0 unspecified atom stereocenters. The number of likely N-dealkylation sites (tertiary alicyclic amines) is 1. The number of carbonyl (C=O) groups is 4. The van der Waals surface area contributed by atoms with Crippen LogP contribution >= 0.6 is 0 Å². The highest BCUT2D eigenvalue weighted by atomic mass is 19.1. The summed E-state index contributed by atoms with van der Waals surface area (Å²) in [7, 11) is 0. The Hall–Kier alpha value is -3.96. The monoisotopic (exact) mass is 504 g/mol. The molecule has 2 aliphatic rings. The number of amides is 3. The van der Waals surface area contributed by atoms with Gasteiger partial charge in [0.25, 0.3) is 12.4 Å². The van der Waals surface area contributed by atoms with Gasteiger partial charge in [-0.3, -0.25) is 19.2 Å². The van der Waals surface area contributed by atoms with Gasteiger partial charge in [-0.15, -0.1) is 0 Å². The van der Waals surface area contributed by atoms with Gasteiger partial charge >= 0.3 is 0 Å². The van der Waals surface area contributed by atoms with E-state index >= 15 is 0 Å². The molecule has 4 rings (SSSR count). The first-order valence-electron chi connectivity index (χ1n) is 11.6.